The van der Waals surface area contributed by atoms with Gasteiger partial charge in [0.2, 0.25) is 0 Å². The molecule has 0 aliphatic heterocycles. The minimum absolute atomic E-state index is 0.0361. The van der Waals surface area contributed by atoms with Crippen LogP contribution in [-0.2, 0) is 4.74 Å². The van der Waals surface area contributed by atoms with Gasteiger partial charge in [0.25, 0.3) is 0 Å². The molecule has 1 aromatic rings. The fourth-order valence-corrected chi connectivity index (χ4v) is 1.33. The van der Waals surface area contributed by atoms with Crippen LogP contribution in [0, 0.1) is 6.92 Å². The number of methoxy groups -OCH3 is 1. The van der Waals surface area contributed by atoms with Crippen LogP contribution in [0.5, 0.6) is 0 Å². The first-order valence-electron chi connectivity index (χ1n) is 4.55. The van der Waals surface area contributed by atoms with Gasteiger partial charge in [-0.25, -0.2) is 0 Å². The lowest BCUT2D eigenvalue weighted by atomic mass is 10.1. The predicted molar refractivity (Wildman–Crippen MR) is 52.9 cm³/mol. The summed E-state index contributed by atoms with van der Waals surface area (Å²) in [5.41, 5.74) is 6.88. The first kappa shape index (κ1) is 11.2. The van der Waals surface area contributed by atoms with Crippen molar-refractivity contribution in [1.29, 1.82) is 0 Å². The van der Waals surface area contributed by atoms with Gasteiger partial charge in [-0.05, 0) is 12.5 Å². The number of aliphatic hydroxyl groups is 1. The number of nitrogens with zero attached hydrogens (tertiary/aromatic N) is 2. The lowest BCUT2D eigenvalue weighted by Crippen LogP contribution is -2.38. The summed E-state index contributed by atoms with van der Waals surface area (Å²) in [6, 6.07) is -0.465. The number of hydrogen-bond donors (Lipinski definition) is 2. The van der Waals surface area contributed by atoms with Crippen molar-refractivity contribution in [3.05, 3.63) is 18.0 Å². The maximum atomic E-state index is 9.19. The van der Waals surface area contributed by atoms with E-state index in [0.717, 1.165) is 5.56 Å². The lowest BCUT2D eigenvalue weighted by Gasteiger charge is -2.21. The summed E-state index contributed by atoms with van der Waals surface area (Å²) in [6.07, 6.45) is 3.60. The van der Waals surface area contributed by atoms with E-state index >= 15 is 0 Å². The average molecular weight is 199 g/mol. The van der Waals surface area contributed by atoms with E-state index in [4.69, 9.17) is 10.5 Å². The molecule has 0 saturated heterocycles. The van der Waals surface area contributed by atoms with Crippen molar-refractivity contribution >= 4 is 0 Å². The van der Waals surface area contributed by atoms with Gasteiger partial charge in [0.1, 0.15) is 0 Å². The Balaban J connectivity index is 2.71. The third kappa shape index (κ3) is 2.54. The number of nitrogens with two attached hydrogens (primary N) is 1. The number of aliphatic hydroxyl groups excluding tert-OH is 1. The first-order chi connectivity index (χ1) is 6.69. The number of aryl methyl sites for hydroxylation is 1. The second kappa shape index (κ2) is 5.09. The fraction of sp³-hybridized carbons (Fsp3) is 0.667. The zero-order chi connectivity index (χ0) is 10.6. The molecule has 1 rings (SSSR count). The Labute approximate surface area is 83.5 Å². The normalized spacial score (nSPS) is 15.4. The van der Waals surface area contributed by atoms with Crippen molar-refractivity contribution < 1.29 is 9.84 Å². The average Bonchev–Trinajstić information content (AvgIpc) is 2.54. The lowest BCUT2D eigenvalue weighted by molar-refractivity contribution is 0.124. The van der Waals surface area contributed by atoms with Crippen molar-refractivity contribution in [2.24, 2.45) is 5.73 Å². The van der Waals surface area contributed by atoms with Crippen molar-refractivity contribution in [3.63, 3.8) is 0 Å². The van der Waals surface area contributed by atoms with Crippen LogP contribution < -0.4 is 5.73 Å². The fourth-order valence-electron chi connectivity index (χ4n) is 1.33. The van der Waals surface area contributed by atoms with Gasteiger partial charge in [-0.1, -0.05) is 0 Å². The third-order valence-electron chi connectivity index (χ3n) is 2.11. The van der Waals surface area contributed by atoms with E-state index < -0.39 is 0 Å². The highest BCUT2D eigenvalue weighted by atomic mass is 16.5. The van der Waals surface area contributed by atoms with E-state index in [2.05, 4.69) is 5.10 Å². The number of ether oxygens (including phenoxy) is 1. The molecule has 2 atom stereocenters. The van der Waals surface area contributed by atoms with E-state index in [1.54, 1.807) is 18.0 Å². The highest BCUT2D eigenvalue weighted by Gasteiger charge is 2.19. The van der Waals surface area contributed by atoms with E-state index in [0.29, 0.717) is 6.61 Å². The van der Waals surface area contributed by atoms with Crippen molar-refractivity contribution in [3.8, 4) is 0 Å². The minimum Gasteiger partial charge on any atom is -0.394 e. The Morgan fingerprint density at radius 3 is 2.86 bits per heavy atom. The molecule has 3 N–H and O–H groups in total. The highest BCUT2D eigenvalue weighted by molar-refractivity contribution is 5.01. The van der Waals surface area contributed by atoms with E-state index in [1.807, 2.05) is 13.1 Å². The number of aromatic nitrogens is 2. The van der Waals surface area contributed by atoms with Gasteiger partial charge in [0.15, 0.2) is 0 Å². The van der Waals surface area contributed by atoms with Gasteiger partial charge in [0.05, 0.1) is 31.5 Å². The van der Waals surface area contributed by atoms with Gasteiger partial charge < -0.3 is 15.6 Å². The topological polar surface area (TPSA) is 73.3 Å². The Morgan fingerprint density at radius 2 is 2.43 bits per heavy atom. The molecule has 80 valence electrons. The molecule has 0 aliphatic rings. The second-order valence-electron chi connectivity index (χ2n) is 3.37. The summed E-state index contributed by atoms with van der Waals surface area (Å²) in [7, 11) is 1.59. The Morgan fingerprint density at radius 1 is 1.71 bits per heavy atom. The molecule has 1 aromatic heterocycles. The molecule has 5 nitrogen and oxygen atoms in total. The number of hydrogen-bond acceptors (Lipinski definition) is 4. The predicted octanol–water partition coefficient (Wildman–Crippen LogP) is -0.301. The largest absolute Gasteiger partial charge is 0.394 e. The molecule has 0 spiro atoms. The van der Waals surface area contributed by atoms with E-state index in [9.17, 15) is 5.11 Å². The van der Waals surface area contributed by atoms with Gasteiger partial charge >= 0.3 is 0 Å². The van der Waals surface area contributed by atoms with Crippen LogP contribution in [0.25, 0.3) is 0 Å². The van der Waals surface area contributed by atoms with E-state index in [1.165, 1.54) is 0 Å². The van der Waals surface area contributed by atoms with Crippen LogP contribution in [0.2, 0.25) is 0 Å². The summed E-state index contributed by atoms with van der Waals surface area (Å²) >= 11 is 0. The molecule has 0 bridgehead atoms. The smallest absolute Gasteiger partial charge is 0.0922 e. The van der Waals surface area contributed by atoms with Crippen molar-refractivity contribution in [1.82, 2.24) is 9.78 Å². The standard InChI is InChI=1S/C9H17N3O2/c1-7-3-11-12(4-7)9(5-13)8(10)6-14-2/h3-4,8-9,13H,5-6,10H2,1-2H3. The molecule has 0 amide bonds. The molecular formula is C9H17N3O2. The molecule has 14 heavy (non-hydrogen) atoms. The summed E-state index contributed by atoms with van der Waals surface area (Å²) in [5, 5.41) is 13.3. The van der Waals surface area contributed by atoms with Gasteiger partial charge in [-0.3, -0.25) is 4.68 Å². The third-order valence-corrected chi connectivity index (χ3v) is 2.11. The number of rotatable bonds is 5. The molecule has 0 aromatic carbocycles. The summed E-state index contributed by atoms with van der Waals surface area (Å²) in [6.45, 7) is 2.32. The minimum atomic E-state index is -0.246. The van der Waals surface area contributed by atoms with E-state index in [-0.39, 0.29) is 18.7 Å². The van der Waals surface area contributed by atoms with Gasteiger partial charge in [-0.2, -0.15) is 5.10 Å². The quantitative estimate of drug-likeness (QED) is 0.682. The molecule has 0 fully saturated rings. The summed E-state index contributed by atoms with van der Waals surface area (Å²) < 4.78 is 6.62. The molecule has 0 aliphatic carbocycles. The SMILES string of the molecule is COCC(N)C(CO)n1cc(C)cn1. The molecule has 5 heteroatoms. The summed E-state index contributed by atoms with van der Waals surface area (Å²) in [5.74, 6) is 0. The molecule has 0 saturated carbocycles. The Kier molecular flexibility index (Phi) is 4.06. The van der Waals surface area contributed by atoms with Crippen LogP contribution in [0.15, 0.2) is 12.4 Å². The first-order valence-corrected chi connectivity index (χ1v) is 4.55. The monoisotopic (exact) mass is 199 g/mol. The van der Waals surface area contributed by atoms with Crippen LogP contribution in [-0.4, -0.2) is 41.3 Å². The van der Waals surface area contributed by atoms with Crippen molar-refractivity contribution in [2.75, 3.05) is 20.3 Å². The Bertz CT molecular complexity index is 275. The van der Waals surface area contributed by atoms with Gasteiger partial charge in [0, 0.05) is 13.3 Å². The Hall–Kier alpha value is -0.910. The van der Waals surface area contributed by atoms with Crippen LogP contribution in [0.4, 0.5) is 0 Å². The van der Waals surface area contributed by atoms with Crippen molar-refractivity contribution in [2.45, 2.75) is 19.0 Å². The van der Waals surface area contributed by atoms with Crippen LogP contribution in [0.3, 0.4) is 0 Å². The zero-order valence-electron chi connectivity index (χ0n) is 8.55. The molecule has 0 radical (unpaired) electrons. The molecule has 1 heterocycles. The maximum Gasteiger partial charge on any atom is 0.0922 e. The molecular weight excluding hydrogens is 182 g/mol. The summed E-state index contributed by atoms with van der Waals surface area (Å²) in [4.78, 5) is 0. The van der Waals surface area contributed by atoms with Gasteiger partial charge in [-0.15, -0.1) is 0 Å². The molecule has 2 unspecified atom stereocenters. The van der Waals surface area contributed by atoms with Crippen LogP contribution in [0.1, 0.15) is 11.6 Å². The van der Waals surface area contributed by atoms with Crippen LogP contribution >= 0.6 is 0 Å². The highest BCUT2D eigenvalue weighted by Crippen LogP contribution is 2.09. The second-order valence-corrected chi connectivity index (χ2v) is 3.37. The maximum absolute atomic E-state index is 9.19. The zero-order valence-corrected chi connectivity index (χ0v) is 8.55.